The molecule has 0 aliphatic carbocycles. The lowest BCUT2D eigenvalue weighted by Gasteiger charge is -2.11. The van der Waals surface area contributed by atoms with Gasteiger partial charge in [-0.2, -0.15) is 5.10 Å². The number of benzene rings is 1. The number of aromatic nitrogens is 3. The third-order valence-corrected chi connectivity index (χ3v) is 3.60. The Morgan fingerprint density at radius 3 is 2.86 bits per heavy atom. The van der Waals surface area contributed by atoms with Crippen molar-refractivity contribution >= 4 is 23.6 Å². The largest absolute Gasteiger partial charge is 0.379 e. The summed E-state index contributed by atoms with van der Waals surface area (Å²) < 4.78 is 2.53. The maximum Gasteiger partial charge on any atom is 0.292 e. The number of rotatable bonds is 6. The Kier molecular flexibility index (Phi) is 4.92. The first-order valence-corrected chi connectivity index (χ1v) is 7.45. The van der Waals surface area contributed by atoms with Crippen molar-refractivity contribution < 1.29 is 4.92 Å². The van der Waals surface area contributed by atoms with Crippen LogP contribution in [0.2, 0.25) is 0 Å². The molecule has 2 N–H and O–H groups in total. The predicted molar refractivity (Wildman–Crippen MR) is 87.8 cm³/mol. The summed E-state index contributed by atoms with van der Waals surface area (Å²) in [6.07, 6.45) is 0.621. The molecule has 0 bridgehead atoms. The van der Waals surface area contributed by atoms with Crippen LogP contribution in [0, 0.1) is 21.8 Å². The van der Waals surface area contributed by atoms with Crippen LogP contribution in [0.15, 0.2) is 18.2 Å². The summed E-state index contributed by atoms with van der Waals surface area (Å²) in [7, 11) is 0. The Morgan fingerprint density at radius 1 is 1.50 bits per heavy atom. The van der Waals surface area contributed by atoms with Crippen LogP contribution in [-0.4, -0.2) is 26.2 Å². The highest BCUT2D eigenvalue weighted by atomic mass is 32.1. The van der Waals surface area contributed by atoms with E-state index in [1.165, 1.54) is 0 Å². The Balaban J connectivity index is 2.09. The van der Waals surface area contributed by atoms with Gasteiger partial charge < -0.3 is 9.88 Å². The second-order valence-electron chi connectivity index (χ2n) is 5.36. The fourth-order valence-corrected chi connectivity index (χ4v) is 2.66. The van der Waals surface area contributed by atoms with E-state index >= 15 is 0 Å². The summed E-state index contributed by atoms with van der Waals surface area (Å²) in [6, 6.07) is 5.36. The molecule has 1 heterocycles. The highest BCUT2D eigenvalue weighted by Gasteiger charge is 2.14. The maximum absolute atomic E-state index is 11.1. The lowest BCUT2D eigenvalue weighted by molar-refractivity contribution is -0.384. The maximum atomic E-state index is 11.1. The van der Waals surface area contributed by atoms with E-state index in [9.17, 15) is 10.1 Å². The van der Waals surface area contributed by atoms with Crippen molar-refractivity contribution in [1.29, 1.82) is 0 Å². The molecule has 0 saturated carbocycles. The summed E-state index contributed by atoms with van der Waals surface area (Å²) in [4.78, 5) is 10.7. The molecule has 1 aromatic heterocycles. The minimum absolute atomic E-state index is 0.0859. The van der Waals surface area contributed by atoms with Crippen LogP contribution in [0.5, 0.6) is 0 Å². The molecular formula is C14H19N5O2S. The van der Waals surface area contributed by atoms with E-state index in [2.05, 4.69) is 15.5 Å². The normalized spacial score (nSPS) is 10.9. The van der Waals surface area contributed by atoms with E-state index in [0.717, 1.165) is 11.4 Å². The molecular weight excluding hydrogens is 302 g/mol. The number of nitro benzene ring substituents is 1. The molecule has 0 saturated heterocycles. The molecule has 0 aliphatic rings. The van der Waals surface area contributed by atoms with Gasteiger partial charge in [0.05, 0.1) is 4.92 Å². The van der Waals surface area contributed by atoms with Gasteiger partial charge >= 0.3 is 0 Å². The zero-order valence-corrected chi connectivity index (χ0v) is 13.6. The lowest BCUT2D eigenvalue weighted by Crippen LogP contribution is -2.12. The number of hydrogen-bond acceptors (Lipinski definition) is 5. The molecule has 22 heavy (non-hydrogen) atoms. The van der Waals surface area contributed by atoms with Crippen molar-refractivity contribution in [2.45, 2.75) is 33.2 Å². The van der Waals surface area contributed by atoms with Crippen molar-refractivity contribution in [3.05, 3.63) is 44.5 Å². The molecule has 7 nitrogen and oxygen atoms in total. The molecule has 0 atom stereocenters. The van der Waals surface area contributed by atoms with Crippen LogP contribution in [0.1, 0.15) is 31.3 Å². The van der Waals surface area contributed by atoms with Gasteiger partial charge in [-0.3, -0.25) is 15.2 Å². The van der Waals surface area contributed by atoms with Crippen molar-refractivity contribution in [2.75, 3.05) is 11.9 Å². The van der Waals surface area contributed by atoms with Crippen LogP contribution in [0.25, 0.3) is 0 Å². The fourth-order valence-electron chi connectivity index (χ4n) is 2.30. The average Bonchev–Trinajstić information content (AvgIpc) is 2.81. The van der Waals surface area contributed by atoms with Gasteiger partial charge in [0, 0.05) is 25.1 Å². The smallest absolute Gasteiger partial charge is 0.292 e. The quantitative estimate of drug-likeness (QED) is 0.483. The van der Waals surface area contributed by atoms with Gasteiger partial charge in [-0.15, -0.1) is 0 Å². The van der Waals surface area contributed by atoms with Crippen molar-refractivity contribution in [3.8, 4) is 0 Å². The zero-order valence-electron chi connectivity index (χ0n) is 12.8. The summed E-state index contributed by atoms with van der Waals surface area (Å²) in [5.74, 6) is 0.835. The van der Waals surface area contributed by atoms with E-state index in [1.54, 1.807) is 12.1 Å². The molecule has 118 valence electrons. The molecule has 8 heteroatoms. The third-order valence-electron chi connectivity index (χ3n) is 3.31. The van der Waals surface area contributed by atoms with E-state index in [1.807, 2.05) is 31.4 Å². The van der Waals surface area contributed by atoms with Crippen molar-refractivity contribution in [2.24, 2.45) is 0 Å². The zero-order chi connectivity index (χ0) is 16.3. The van der Waals surface area contributed by atoms with E-state index < -0.39 is 0 Å². The van der Waals surface area contributed by atoms with E-state index in [-0.39, 0.29) is 16.7 Å². The van der Waals surface area contributed by atoms with Gasteiger partial charge in [-0.25, -0.2) is 0 Å². The molecule has 0 unspecified atom stereocenters. The highest BCUT2D eigenvalue weighted by Crippen LogP contribution is 2.25. The first-order valence-electron chi connectivity index (χ1n) is 7.05. The van der Waals surface area contributed by atoms with Gasteiger partial charge in [0.15, 0.2) is 4.77 Å². The first-order chi connectivity index (χ1) is 10.4. The highest BCUT2D eigenvalue weighted by molar-refractivity contribution is 7.71. The summed E-state index contributed by atoms with van der Waals surface area (Å²) in [6.45, 7) is 6.44. The number of aromatic amines is 1. The molecule has 0 spiro atoms. The average molecular weight is 321 g/mol. The van der Waals surface area contributed by atoms with Crippen LogP contribution in [0.3, 0.4) is 0 Å². The van der Waals surface area contributed by atoms with Gasteiger partial charge in [-0.05, 0) is 44.6 Å². The molecule has 0 fully saturated rings. The predicted octanol–water partition coefficient (Wildman–Crippen LogP) is 3.39. The number of hydrogen-bond donors (Lipinski definition) is 2. The van der Waals surface area contributed by atoms with Crippen LogP contribution < -0.4 is 5.32 Å². The Bertz CT molecular complexity index is 735. The number of nitrogens with one attached hydrogen (secondary N) is 2. The summed E-state index contributed by atoms with van der Waals surface area (Å²) >= 11 is 5.20. The Hall–Kier alpha value is -2.22. The summed E-state index contributed by atoms with van der Waals surface area (Å²) in [5.41, 5.74) is 1.46. The Morgan fingerprint density at radius 2 is 2.23 bits per heavy atom. The van der Waals surface area contributed by atoms with E-state index in [4.69, 9.17) is 12.2 Å². The van der Waals surface area contributed by atoms with E-state index in [0.29, 0.717) is 23.4 Å². The third kappa shape index (κ3) is 3.51. The molecule has 2 rings (SSSR count). The van der Waals surface area contributed by atoms with Crippen LogP contribution >= 0.6 is 12.2 Å². The van der Waals surface area contributed by atoms with Gasteiger partial charge in [-0.1, -0.05) is 6.07 Å². The second kappa shape index (κ2) is 6.69. The standard InChI is InChI=1S/C14H19N5O2S/c1-9(2)18-13(16-17-14(18)22)6-7-15-11-5-4-10(3)8-12(11)19(20)21/h4-5,8-9,15H,6-7H2,1-3H3,(H,17,22). The van der Waals surface area contributed by atoms with Crippen LogP contribution in [0.4, 0.5) is 11.4 Å². The molecule has 0 radical (unpaired) electrons. The van der Waals surface area contributed by atoms with Gasteiger partial charge in [0.2, 0.25) is 0 Å². The number of aryl methyl sites for hydroxylation is 1. The molecule has 0 amide bonds. The number of nitro groups is 1. The monoisotopic (exact) mass is 321 g/mol. The van der Waals surface area contributed by atoms with Gasteiger partial charge in [0.1, 0.15) is 11.5 Å². The number of nitrogens with zero attached hydrogens (tertiary/aromatic N) is 3. The second-order valence-corrected chi connectivity index (χ2v) is 5.75. The lowest BCUT2D eigenvalue weighted by atomic mass is 10.2. The molecule has 1 aromatic carbocycles. The number of anilines is 1. The Labute approximate surface area is 133 Å². The minimum atomic E-state index is -0.375. The first kappa shape index (κ1) is 16.2. The topological polar surface area (TPSA) is 88.8 Å². The van der Waals surface area contributed by atoms with Crippen LogP contribution in [-0.2, 0) is 6.42 Å². The van der Waals surface area contributed by atoms with Crippen molar-refractivity contribution in [3.63, 3.8) is 0 Å². The SMILES string of the molecule is Cc1ccc(NCCc2n[nH]c(=S)n2C(C)C)c([N+](=O)[O-])c1. The fraction of sp³-hybridized carbons (Fsp3) is 0.429. The molecule has 2 aromatic rings. The van der Waals surface area contributed by atoms with Gasteiger partial charge in [0.25, 0.3) is 5.69 Å². The minimum Gasteiger partial charge on any atom is -0.379 e. The molecule has 0 aliphatic heterocycles. The number of H-pyrrole nitrogens is 1. The van der Waals surface area contributed by atoms with Crippen molar-refractivity contribution in [1.82, 2.24) is 14.8 Å². The summed E-state index contributed by atoms with van der Waals surface area (Å²) in [5, 5.41) is 21.2.